The van der Waals surface area contributed by atoms with Gasteiger partial charge in [-0.15, -0.1) is 0 Å². The third-order valence-corrected chi connectivity index (χ3v) is 5.86. The molecular weight excluding hydrogens is 339 g/mol. The van der Waals surface area contributed by atoms with Gasteiger partial charge in [0.25, 0.3) is 5.88 Å². The minimum Gasteiger partial charge on any atom is -0.403 e. The molecule has 8 heteroatoms. The number of nitrogens with zero attached hydrogens (tertiary/aromatic N) is 2. The fourth-order valence-electron chi connectivity index (χ4n) is 1.74. The van der Waals surface area contributed by atoms with Crippen LogP contribution in [0, 0.1) is 11.3 Å². The molecule has 5 nitrogen and oxygen atoms in total. The van der Waals surface area contributed by atoms with Crippen molar-refractivity contribution >= 4 is 30.1 Å². The van der Waals surface area contributed by atoms with E-state index in [2.05, 4.69) is 10.4 Å². The van der Waals surface area contributed by atoms with E-state index in [-0.39, 0.29) is 5.88 Å². The molecule has 1 heterocycles. The maximum Gasteiger partial charge on any atom is 0.381 e. The quantitative estimate of drug-likeness (QED) is 0.689. The van der Waals surface area contributed by atoms with E-state index in [1.165, 1.54) is 11.5 Å². The van der Waals surface area contributed by atoms with Crippen LogP contribution in [-0.2, 0) is 20.9 Å². The highest BCUT2D eigenvalue weighted by molar-refractivity contribution is 8.07. The molecule has 0 amide bonds. The van der Waals surface area contributed by atoms with Gasteiger partial charge in [0, 0.05) is 11.8 Å². The monoisotopic (exact) mass is 354 g/mol. The summed E-state index contributed by atoms with van der Waals surface area (Å²) in [5, 5.41) is 9.44. The first kappa shape index (κ1) is 17.1. The second-order valence-corrected chi connectivity index (χ2v) is 7.75. The smallest absolute Gasteiger partial charge is 0.381 e. The highest BCUT2D eigenvalue weighted by Gasteiger charge is 2.26. The lowest BCUT2D eigenvalue weighted by Gasteiger charge is -2.19. The predicted octanol–water partition coefficient (Wildman–Crippen LogP) is 4.36. The molecule has 0 fully saturated rings. The normalized spacial score (nSPS) is 11.1. The molecule has 0 spiro atoms. The van der Waals surface area contributed by atoms with E-state index in [4.69, 9.17) is 25.4 Å². The summed E-state index contributed by atoms with van der Waals surface area (Å²) in [6, 6.07) is 11.7. The van der Waals surface area contributed by atoms with Crippen LogP contribution >= 0.6 is 18.3 Å². The van der Waals surface area contributed by atoms with Crippen molar-refractivity contribution in [1.82, 2.24) is 4.37 Å². The zero-order valence-electron chi connectivity index (χ0n) is 12.2. The van der Waals surface area contributed by atoms with Crippen molar-refractivity contribution in [2.75, 3.05) is 13.2 Å². The summed E-state index contributed by atoms with van der Waals surface area (Å²) < 4.78 is 20.7. The minimum atomic E-state index is -2.93. The van der Waals surface area contributed by atoms with Crippen LogP contribution < -0.4 is 4.52 Å². The molecule has 1 aromatic carbocycles. The van der Waals surface area contributed by atoms with E-state index >= 15 is 0 Å². The zero-order chi connectivity index (χ0) is 16.0. The van der Waals surface area contributed by atoms with Crippen LogP contribution in [-0.4, -0.2) is 17.6 Å². The SMILES string of the molecule is CCOP(=S)(OCC)Oc1nsc(-c2ccccc2)c1C#N. The van der Waals surface area contributed by atoms with Crippen LogP contribution in [0.2, 0.25) is 0 Å². The lowest BCUT2D eigenvalue weighted by Crippen LogP contribution is -2.03. The van der Waals surface area contributed by atoms with Crippen LogP contribution in [0.15, 0.2) is 30.3 Å². The number of nitriles is 1. The molecule has 0 bridgehead atoms. The first-order valence-corrected chi connectivity index (χ1v) is 10.0. The van der Waals surface area contributed by atoms with Crippen molar-refractivity contribution in [3.63, 3.8) is 0 Å². The molecule has 0 unspecified atom stereocenters. The highest BCUT2D eigenvalue weighted by atomic mass is 32.5. The summed E-state index contributed by atoms with van der Waals surface area (Å²) in [6.07, 6.45) is 0. The van der Waals surface area contributed by atoms with Gasteiger partial charge in [0.05, 0.1) is 18.1 Å². The van der Waals surface area contributed by atoms with Gasteiger partial charge < -0.3 is 4.52 Å². The second kappa shape index (κ2) is 7.82. The molecule has 0 saturated heterocycles. The largest absolute Gasteiger partial charge is 0.403 e. The molecule has 0 aliphatic rings. The minimum absolute atomic E-state index is 0.177. The molecule has 116 valence electrons. The van der Waals surface area contributed by atoms with Gasteiger partial charge in [-0.1, -0.05) is 30.3 Å². The Hall–Kier alpha value is -1.29. The third-order valence-electron chi connectivity index (χ3n) is 2.58. The van der Waals surface area contributed by atoms with Crippen molar-refractivity contribution in [2.45, 2.75) is 13.8 Å². The van der Waals surface area contributed by atoms with Crippen LogP contribution in [0.3, 0.4) is 0 Å². The first-order valence-electron chi connectivity index (χ1n) is 6.67. The van der Waals surface area contributed by atoms with Gasteiger partial charge in [-0.3, -0.25) is 9.05 Å². The predicted molar refractivity (Wildman–Crippen MR) is 90.4 cm³/mol. The lowest BCUT2D eigenvalue weighted by molar-refractivity contribution is 0.216. The van der Waals surface area contributed by atoms with E-state index in [1.807, 2.05) is 44.2 Å². The molecule has 1 aromatic heterocycles. The number of benzene rings is 1. The van der Waals surface area contributed by atoms with Crippen molar-refractivity contribution < 1.29 is 13.6 Å². The average molecular weight is 354 g/mol. The topological polar surface area (TPSA) is 64.4 Å². The Morgan fingerprint density at radius 3 is 2.41 bits per heavy atom. The molecule has 22 heavy (non-hydrogen) atoms. The van der Waals surface area contributed by atoms with Crippen LogP contribution in [0.4, 0.5) is 0 Å². The molecule has 2 rings (SSSR count). The van der Waals surface area contributed by atoms with E-state index in [0.29, 0.717) is 18.8 Å². The van der Waals surface area contributed by atoms with Gasteiger partial charge in [-0.25, -0.2) is 0 Å². The zero-order valence-corrected chi connectivity index (χ0v) is 14.7. The Morgan fingerprint density at radius 1 is 1.23 bits per heavy atom. The third kappa shape index (κ3) is 3.92. The maximum absolute atomic E-state index is 9.44. The molecule has 0 aliphatic heterocycles. The molecule has 0 radical (unpaired) electrons. The average Bonchev–Trinajstić information content (AvgIpc) is 2.90. The van der Waals surface area contributed by atoms with Gasteiger partial charge in [0.1, 0.15) is 11.6 Å². The van der Waals surface area contributed by atoms with Gasteiger partial charge in [-0.2, -0.15) is 9.64 Å². The molecule has 0 aliphatic carbocycles. The van der Waals surface area contributed by atoms with E-state index in [9.17, 15) is 5.26 Å². The number of rotatable bonds is 7. The number of hydrogen-bond acceptors (Lipinski definition) is 7. The Labute approximate surface area is 138 Å². The highest BCUT2D eigenvalue weighted by Crippen LogP contribution is 2.51. The van der Waals surface area contributed by atoms with Gasteiger partial charge >= 0.3 is 6.72 Å². The molecule has 2 aromatic rings. The summed E-state index contributed by atoms with van der Waals surface area (Å²) in [5.74, 6) is 0.177. The summed E-state index contributed by atoms with van der Waals surface area (Å²) in [6.45, 7) is 1.43. The first-order chi connectivity index (χ1) is 10.6. The standard InChI is InChI=1S/C14H15N2O3PS2/c1-3-17-20(21,18-4-2)19-14-12(10-15)13(22-16-14)11-8-6-5-7-9-11/h5-9H,3-4H2,1-2H3. The number of hydrogen-bond donors (Lipinski definition) is 0. The second-order valence-electron chi connectivity index (χ2n) is 4.04. The summed E-state index contributed by atoms with van der Waals surface area (Å²) >= 11 is 6.51. The van der Waals surface area contributed by atoms with E-state index in [0.717, 1.165) is 10.4 Å². The van der Waals surface area contributed by atoms with Gasteiger partial charge in [-0.05, 0) is 30.9 Å². The summed E-state index contributed by atoms with van der Waals surface area (Å²) in [5.41, 5.74) is 1.26. The van der Waals surface area contributed by atoms with Crippen LogP contribution in [0.25, 0.3) is 10.4 Å². The fourth-order valence-corrected chi connectivity index (χ4v) is 4.56. The van der Waals surface area contributed by atoms with E-state index < -0.39 is 6.72 Å². The van der Waals surface area contributed by atoms with Gasteiger partial charge in [0.15, 0.2) is 0 Å². The Kier molecular flexibility index (Phi) is 6.07. The number of aromatic nitrogens is 1. The van der Waals surface area contributed by atoms with Crippen molar-refractivity contribution in [1.29, 1.82) is 5.26 Å². The molecule has 0 N–H and O–H groups in total. The van der Waals surface area contributed by atoms with Crippen LogP contribution in [0.5, 0.6) is 5.88 Å². The molecule has 0 atom stereocenters. The molecule has 0 saturated carbocycles. The van der Waals surface area contributed by atoms with Crippen molar-refractivity contribution in [2.24, 2.45) is 0 Å². The maximum atomic E-state index is 9.44. The Balaban J connectivity index is 2.36. The van der Waals surface area contributed by atoms with Crippen molar-refractivity contribution in [3.05, 3.63) is 35.9 Å². The fraction of sp³-hybridized carbons (Fsp3) is 0.286. The Bertz CT molecular complexity index is 703. The Morgan fingerprint density at radius 2 is 1.86 bits per heavy atom. The van der Waals surface area contributed by atoms with E-state index in [1.54, 1.807) is 0 Å². The molecular formula is C14H15N2O3PS2. The van der Waals surface area contributed by atoms with Crippen molar-refractivity contribution in [3.8, 4) is 22.4 Å². The van der Waals surface area contributed by atoms with Crippen LogP contribution in [0.1, 0.15) is 19.4 Å². The van der Waals surface area contributed by atoms with Gasteiger partial charge in [0.2, 0.25) is 0 Å². The summed E-state index contributed by atoms with van der Waals surface area (Å²) in [7, 11) is 0. The summed E-state index contributed by atoms with van der Waals surface area (Å²) in [4.78, 5) is 0.743. The lowest BCUT2D eigenvalue weighted by atomic mass is 10.1.